The smallest absolute Gasteiger partial charge is 0.144 e. The second kappa shape index (κ2) is 9.51. The van der Waals surface area contributed by atoms with Crippen LogP contribution in [0.25, 0.3) is 0 Å². The van der Waals surface area contributed by atoms with E-state index in [0.29, 0.717) is 0 Å². The first-order valence-electron chi connectivity index (χ1n) is 8.27. The Balaban J connectivity index is 1.83. The third-order valence-electron chi connectivity index (χ3n) is 4.82. The Morgan fingerprint density at radius 1 is 0.895 bits per heavy atom. The Morgan fingerprint density at radius 3 is 1.89 bits per heavy atom. The predicted molar refractivity (Wildman–Crippen MR) is 90.8 cm³/mol. The van der Waals surface area contributed by atoms with Crippen molar-refractivity contribution in [3.05, 3.63) is 0 Å². The number of hydrogen-bond acceptors (Lipinski definition) is 1. The van der Waals surface area contributed by atoms with Gasteiger partial charge >= 0.3 is 0 Å². The van der Waals surface area contributed by atoms with Gasteiger partial charge in [0.05, 0.1) is 0 Å². The molecular weight excluding hydrogens is 246 g/mol. The Labute approximate surface area is 124 Å². The van der Waals surface area contributed by atoms with Gasteiger partial charge in [-0.2, -0.15) is 0 Å². The molecule has 5 heteroatoms. The molecule has 2 fully saturated rings. The summed E-state index contributed by atoms with van der Waals surface area (Å²) in [6.45, 7) is 1.13. The van der Waals surface area contributed by atoms with E-state index in [1.165, 1.54) is 70.4 Å². The van der Waals surface area contributed by atoms with Crippen LogP contribution in [0.2, 0.25) is 0 Å². The van der Waals surface area contributed by atoms with Gasteiger partial charge in [0.15, 0.2) is 0 Å². The second-order valence-corrected chi connectivity index (χ2v) is 9.07. The molecule has 0 aromatic carbocycles. The molecule has 19 heavy (non-hydrogen) atoms. The predicted octanol–water partition coefficient (Wildman–Crippen LogP) is 3.05. The van der Waals surface area contributed by atoms with Gasteiger partial charge in [-0.3, -0.25) is 0 Å². The van der Waals surface area contributed by atoms with Gasteiger partial charge in [0, 0.05) is 14.8 Å². The van der Waals surface area contributed by atoms with Crippen LogP contribution < -0.4 is 5.23 Å². The zero-order valence-electron chi connectivity index (χ0n) is 12.3. The molecule has 2 aliphatic carbocycles. The van der Waals surface area contributed by atoms with E-state index < -0.39 is 0 Å². The van der Waals surface area contributed by atoms with Gasteiger partial charge in [-0.05, 0) is 49.7 Å². The van der Waals surface area contributed by atoms with E-state index in [1.54, 1.807) is 7.06 Å². The molecule has 1 nitrogen and oxygen atoms in total. The summed E-state index contributed by atoms with van der Waals surface area (Å²) in [5, 5.41) is 3.35. The zero-order chi connectivity index (χ0) is 13.3. The summed E-state index contributed by atoms with van der Waals surface area (Å²) in [4.78, 5) is 0. The molecule has 0 spiro atoms. The van der Waals surface area contributed by atoms with Gasteiger partial charge in [0.1, 0.15) is 7.31 Å². The highest BCUT2D eigenvalue weighted by Gasteiger charge is 2.30. The molecule has 2 saturated carbocycles. The molecule has 102 valence electrons. The summed E-state index contributed by atoms with van der Waals surface area (Å²) >= 11 is 0. The molecule has 0 unspecified atom stereocenters. The van der Waals surface area contributed by atoms with Crippen LogP contribution in [0, 0.1) is 0 Å². The summed E-state index contributed by atoms with van der Waals surface area (Å²) in [6.07, 6.45) is 16.4. The minimum Gasteiger partial charge on any atom is -0.369 e. The Kier molecular flexibility index (Phi) is 7.99. The van der Waals surface area contributed by atoms with Gasteiger partial charge < -0.3 is 5.23 Å². The Morgan fingerprint density at radius 2 is 1.42 bits per heavy atom. The summed E-state index contributed by atoms with van der Waals surface area (Å²) in [7, 11) is 9.16. The van der Waals surface area contributed by atoms with Crippen molar-refractivity contribution in [2.75, 3.05) is 12.7 Å². The first-order valence-corrected chi connectivity index (χ1v) is 9.94. The Bertz CT molecular complexity index is 213. The molecule has 2 rings (SSSR count). The first kappa shape index (κ1) is 16.0. The lowest BCUT2D eigenvalue weighted by Crippen LogP contribution is -2.30. The number of nitrogens with one attached hydrogen (secondary N) is 1. The van der Waals surface area contributed by atoms with Crippen LogP contribution in [0.3, 0.4) is 0 Å². The molecule has 0 aromatic heterocycles. The third kappa shape index (κ3) is 5.46. The minimum absolute atomic E-state index is 0.249. The fourth-order valence-corrected chi connectivity index (χ4v) is 7.60. The fourth-order valence-electron chi connectivity index (χ4n) is 3.83. The van der Waals surface area contributed by atoms with Crippen molar-refractivity contribution in [2.24, 2.45) is 0 Å². The van der Waals surface area contributed by atoms with Gasteiger partial charge in [-0.1, -0.05) is 46.4 Å². The summed E-state index contributed by atoms with van der Waals surface area (Å²) in [6, 6.07) is 0. The average molecular weight is 273 g/mol. The van der Waals surface area contributed by atoms with Crippen molar-refractivity contribution in [1.29, 1.82) is 0 Å². The van der Waals surface area contributed by atoms with Crippen molar-refractivity contribution in [3.63, 3.8) is 0 Å². The molecule has 0 aromatic rings. The van der Waals surface area contributed by atoms with Crippen molar-refractivity contribution in [1.82, 2.24) is 5.23 Å². The lowest BCUT2D eigenvalue weighted by Gasteiger charge is -2.38. The highest BCUT2D eigenvalue weighted by Crippen LogP contribution is 2.55. The average Bonchev–Trinajstić information content (AvgIpc) is 2.49. The molecule has 1 N–H and O–H groups in total. The molecule has 2 aliphatic rings. The molecule has 4 radical (unpaired) electrons. The van der Waals surface area contributed by atoms with Gasteiger partial charge in [-0.15, -0.1) is 0 Å². The zero-order valence-corrected chi connectivity index (χ0v) is 13.2. The lowest BCUT2D eigenvalue weighted by atomic mass is 9.33. The topological polar surface area (TPSA) is 12.0 Å². The lowest BCUT2D eigenvalue weighted by molar-refractivity contribution is 0.484. The maximum atomic E-state index is 5.39. The van der Waals surface area contributed by atoms with Crippen LogP contribution in [0.15, 0.2) is 0 Å². The maximum absolute atomic E-state index is 5.39. The van der Waals surface area contributed by atoms with E-state index in [9.17, 15) is 0 Å². The summed E-state index contributed by atoms with van der Waals surface area (Å²) in [5.74, 6) is 0. The normalized spacial score (nSPS) is 22.6. The van der Waals surface area contributed by atoms with Crippen molar-refractivity contribution in [2.45, 2.75) is 75.5 Å². The highest BCUT2D eigenvalue weighted by atomic mass is 31.1. The first-order chi connectivity index (χ1) is 9.42. The van der Waals surface area contributed by atoms with Gasteiger partial charge in [0.2, 0.25) is 0 Å². The van der Waals surface area contributed by atoms with E-state index >= 15 is 0 Å². The number of rotatable bonds is 7. The SMILES string of the molecule is [B][B][B]NCCP(C1CCCCC1)C1CCCCC1. The van der Waals surface area contributed by atoms with Crippen molar-refractivity contribution < 1.29 is 0 Å². The molecule has 0 amide bonds. The minimum atomic E-state index is 0.249. The van der Waals surface area contributed by atoms with E-state index in [2.05, 4.69) is 5.23 Å². The van der Waals surface area contributed by atoms with Crippen LogP contribution >= 0.6 is 7.92 Å². The quantitative estimate of drug-likeness (QED) is 0.427. The van der Waals surface area contributed by atoms with E-state index in [-0.39, 0.29) is 7.92 Å². The van der Waals surface area contributed by atoms with Crippen LogP contribution in [-0.4, -0.2) is 46.1 Å². The number of hydrogen-bond donors (Lipinski definition) is 1. The maximum Gasteiger partial charge on any atom is 0.144 e. The largest absolute Gasteiger partial charge is 0.369 e. The monoisotopic (exact) mass is 273 g/mol. The van der Waals surface area contributed by atoms with Crippen molar-refractivity contribution >= 4 is 30.0 Å². The van der Waals surface area contributed by atoms with Crippen LogP contribution in [0.5, 0.6) is 0 Å². The van der Waals surface area contributed by atoms with Crippen LogP contribution in [0.4, 0.5) is 0 Å². The fraction of sp³-hybridized carbons (Fsp3) is 1.00. The highest BCUT2D eigenvalue weighted by molar-refractivity contribution is 7.59. The molecule has 0 heterocycles. The molecular formula is C14H27B3NP. The molecule has 0 saturated heterocycles. The standard InChI is InChI=1S/C14H27B3NP/c15-16-17-18-11-12-19(13-7-3-1-4-8-13)14-9-5-2-6-10-14/h13-14,18H,1-12H2. The molecule has 0 aliphatic heterocycles. The summed E-state index contributed by atoms with van der Waals surface area (Å²) < 4.78 is 0. The van der Waals surface area contributed by atoms with E-state index in [0.717, 1.165) is 17.9 Å². The third-order valence-corrected chi connectivity index (χ3v) is 8.46. The van der Waals surface area contributed by atoms with Crippen LogP contribution in [-0.2, 0) is 0 Å². The van der Waals surface area contributed by atoms with E-state index in [1.807, 2.05) is 7.31 Å². The molecule has 0 bridgehead atoms. The van der Waals surface area contributed by atoms with E-state index in [4.69, 9.17) is 7.74 Å². The Hall–Kier alpha value is 0.585. The van der Waals surface area contributed by atoms with Crippen LogP contribution in [0.1, 0.15) is 64.2 Å². The molecule has 0 atom stereocenters. The second-order valence-electron chi connectivity index (χ2n) is 6.13. The van der Waals surface area contributed by atoms with Crippen molar-refractivity contribution in [3.8, 4) is 0 Å². The summed E-state index contributed by atoms with van der Waals surface area (Å²) in [5.41, 5.74) is 2.16. The van der Waals surface area contributed by atoms with Gasteiger partial charge in [-0.25, -0.2) is 0 Å². The van der Waals surface area contributed by atoms with Gasteiger partial charge in [0.25, 0.3) is 0 Å².